The van der Waals surface area contributed by atoms with Crippen LogP contribution in [0.2, 0.25) is 0 Å². The fourth-order valence-corrected chi connectivity index (χ4v) is 2.69. The number of carbonyl (C=O) groups is 1. The van der Waals surface area contributed by atoms with Gasteiger partial charge in [0.2, 0.25) is 0 Å². The van der Waals surface area contributed by atoms with Crippen LogP contribution in [0.3, 0.4) is 0 Å². The van der Waals surface area contributed by atoms with Gasteiger partial charge in [0, 0.05) is 12.4 Å². The summed E-state index contributed by atoms with van der Waals surface area (Å²) in [6.45, 7) is 8.52. The molecule has 0 atom stereocenters. The maximum Gasteiger partial charge on any atom is 0.369 e. The molecule has 0 N–H and O–H groups in total. The average Bonchev–Trinajstić information content (AvgIpc) is 3.07. The Morgan fingerprint density at radius 2 is 1.95 bits per heavy atom. The second kappa shape index (κ2) is 6.70. The van der Waals surface area contributed by atoms with Crippen molar-refractivity contribution in [3.63, 3.8) is 0 Å². The molecule has 0 amide bonds. The standard InChI is InChI=1S/C16H24N4O/c1-5-8-13-14(9-6-2)18-20(15(13)12(3)4)16(21)19-11-7-10-17-19/h7,10-12H,5-6,8-9H2,1-4H3. The second-order valence-corrected chi connectivity index (χ2v) is 5.61. The average molecular weight is 288 g/mol. The summed E-state index contributed by atoms with van der Waals surface area (Å²) in [5, 5.41) is 8.63. The number of hydrogen-bond donors (Lipinski definition) is 0. The quantitative estimate of drug-likeness (QED) is 0.844. The van der Waals surface area contributed by atoms with Gasteiger partial charge in [0.05, 0.1) is 11.4 Å². The monoisotopic (exact) mass is 288 g/mol. The molecule has 0 aliphatic heterocycles. The Labute approximate surface area is 126 Å². The number of nitrogens with zero attached hydrogens (tertiary/aromatic N) is 4. The van der Waals surface area contributed by atoms with E-state index in [9.17, 15) is 4.79 Å². The van der Waals surface area contributed by atoms with Crippen LogP contribution in [-0.4, -0.2) is 25.6 Å². The first-order valence-corrected chi connectivity index (χ1v) is 7.75. The van der Waals surface area contributed by atoms with Crippen molar-refractivity contribution in [3.05, 3.63) is 35.4 Å². The van der Waals surface area contributed by atoms with Crippen molar-refractivity contribution in [3.8, 4) is 0 Å². The van der Waals surface area contributed by atoms with Gasteiger partial charge in [0.15, 0.2) is 0 Å². The van der Waals surface area contributed by atoms with Crippen LogP contribution in [0.1, 0.15) is 63.4 Å². The largest absolute Gasteiger partial charge is 0.369 e. The molecule has 0 bridgehead atoms. The van der Waals surface area contributed by atoms with E-state index in [1.165, 1.54) is 10.2 Å². The summed E-state index contributed by atoms with van der Waals surface area (Å²) in [5.74, 6) is 0.254. The Kier molecular flexibility index (Phi) is 4.94. The highest BCUT2D eigenvalue weighted by molar-refractivity contribution is 5.78. The Morgan fingerprint density at radius 1 is 1.24 bits per heavy atom. The van der Waals surface area contributed by atoms with Crippen LogP contribution in [0, 0.1) is 0 Å². The minimum Gasteiger partial charge on any atom is -0.244 e. The van der Waals surface area contributed by atoms with Gasteiger partial charge >= 0.3 is 6.03 Å². The van der Waals surface area contributed by atoms with Crippen molar-refractivity contribution in [1.82, 2.24) is 19.6 Å². The maximum absolute atomic E-state index is 12.6. The fraction of sp³-hybridized carbons (Fsp3) is 0.562. The van der Waals surface area contributed by atoms with Crippen molar-refractivity contribution in [1.29, 1.82) is 0 Å². The van der Waals surface area contributed by atoms with Gasteiger partial charge < -0.3 is 0 Å². The SMILES string of the molecule is CCCc1nn(C(=O)n2cccn2)c(C(C)C)c1CCC. The third kappa shape index (κ3) is 3.06. The highest BCUT2D eigenvalue weighted by Gasteiger charge is 2.23. The van der Waals surface area contributed by atoms with Gasteiger partial charge in [-0.25, -0.2) is 4.79 Å². The molecule has 114 valence electrons. The Balaban J connectivity index is 2.53. The lowest BCUT2D eigenvalue weighted by atomic mass is 9.98. The maximum atomic E-state index is 12.6. The fourth-order valence-electron chi connectivity index (χ4n) is 2.69. The van der Waals surface area contributed by atoms with Gasteiger partial charge in [-0.2, -0.15) is 19.6 Å². The number of carbonyl (C=O) groups excluding carboxylic acids is 1. The molecule has 0 saturated heterocycles. The normalized spacial score (nSPS) is 11.3. The van der Waals surface area contributed by atoms with Crippen LogP contribution in [0.5, 0.6) is 0 Å². The molecule has 2 aromatic rings. The molecular formula is C16H24N4O. The topological polar surface area (TPSA) is 52.7 Å². The van der Waals surface area contributed by atoms with Gasteiger partial charge in [0.25, 0.3) is 0 Å². The predicted octanol–water partition coefficient (Wildman–Crippen LogP) is 3.62. The van der Waals surface area contributed by atoms with E-state index in [0.29, 0.717) is 0 Å². The lowest BCUT2D eigenvalue weighted by Crippen LogP contribution is -2.24. The summed E-state index contributed by atoms with van der Waals surface area (Å²) in [7, 11) is 0. The molecule has 0 fully saturated rings. The van der Waals surface area contributed by atoms with Crippen molar-refractivity contribution in [2.75, 3.05) is 0 Å². The minimum absolute atomic E-state index is 0.205. The van der Waals surface area contributed by atoms with E-state index in [4.69, 9.17) is 0 Å². The number of aryl methyl sites for hydroxylation is 1. The van der Waals surface area contributed by atoms with Crippen LogP contribution in [0.15, 0.2) is 18.5 Å². The molecule has 2 aromatic heterocycles. The van der Waals surface area contributed by atoms with Crippen molar-refractivity contribution < 1.29 is 4.79 Å². The summed E-state index contributed by atoms with van der Waals surface area (Å²) in [5.41, 5.74) is 3.33. The molecule has 2 heterocycles. The number of rotatable bonds is 5. The van der Waals surface area contributed by atoms with Crippen molar-refractivity contribution >= 4 is 6.03 Å². The molecule has 0 aliphatic carbocycles. The molecule has 0 spiro atoms. The predicted molar refractivity (Wildman–Crippen MR) is 82.7 cm³/mol. The first-order valence-electron chi connectivity index (χ1n) is 7.75. The first-order chi connectivity index (χ1) is 10.1. The van der Waals surface area contributed by atoms with Crippen LogP contribution in [-0.2, 0) is 12.8 Å². The number of aromatic nitrogens is 4. The van der Waals surface area contributed by atoms with E-state index < -0.39 is 0 Å². The summed E-state index contributed by atoms with van der Waals surface area (Å²) in [4.78, 5) is 12.6. The molecule has 0 aliphatic rings. The highest BCUT2D eigenvalue weighted by atomic mass is 16.2. The van der Waals surface area contributed by atoms with Crippen LogP contribution in [0.25, 0.3) is 0 Å². The van der Waals surface area contributed by atoms with Gasteiger partial charge in [0.1, 0.15) is 0 Å². The Hall–Kier alpha value is -1.91. The van der Waals surface area contributed by atoms with E-state index in [2.05, 4.69) is 37.9 Å². The molecule has 0 unspecified atom stereocenters. The smallest absolute Gasteiger partial charge is 0.244 e. The molecule has 5 heteroatoms. The summed E-state index contributed by atoms with van der Waals surface area (Å²) in [6, 6.07) is 1.54. The van der Waals surface area contributed by atoms with E-state index in [1.54, 1.807) is 23.1 Å². The van der Waals surface area contributed by atoms with Gasteiger partial charge in [-0.1, -0.05) is 40.5 Å². The summed E-state index contributed by atoms with van der Waals surface area (Å²) >= 11 is 0. The lowest BCUT2D eigenvalue weighted by Gasteiger charge is -2.11. The highest BCUT2D eigenvalue weighted by Crippen LogP contribution is 2.25. The summed E-state index contributed by atoms with van der Waals surface area (Å²) in [6.07, 6.45) is 7.23. The zero-order chi connectivity index (χ0) is 15.4. The molecular weight excluding hydrogens is 264 g/mol. The second-order valence-electron chi connectivity index (χ2n) is 5.61. The van der Waals surface area contributed by atoms with Crippen LogP contribution in [0.4, 0.5) is 4.79 Å². The van der Waals surface area contributed by atoms with Gasteiger partial charge in [-0.15, -0.1) is 0 Å². The Bertz CT molecular complexity index is 596. The molecule has 2 rings (SSSR count). The molecule has 0 aromatic carbocycles. The summed E-state index contributed by atoms with van der Waals surface area (Å²) < 4.78 is 2.89. The van der Waals surface area contributed by atoms with E-state index in [0.717, 1.165) is 37.1 Å². The van der Waals surface area contributed by atoms with Crippen LogP contribution >= 0.6 is 0 Å². The van der Waals surface area contributed by atoms with Gasteiger partial charge in [-0.3, -0.25) is 0 Å². The van der Waals surface area contributed by atoms with Crippen LogP contribution < -0.4 is 0 Å². The molecule has 5 nitrogen and oxygen atoms in total. The molecule has 21 heavy (non-hydrogen) atoms. The minimum atomic E-state index is -0.205. The third-order valence-electron chi connectivity index (χ3n) is 3.52. The Morgan fingerprint density at radius 3 is 2.48 bits per heavy atom. The van der Waals surface area contributed by atoms with Crippen molar-refractivity contribution in [2.45, 2.75) is 59.3 Å². The van der Waals surface area contributed by atoms with E-state index >= 15 is 0 Å². The first kappa shape index (κ1) is 15.5. The number of hydrogen-bond acceptors (Lipinski definition) is 3. The zero-order valence-corrected chi connectivity index (χ0v) is 13.3. The van der Waals surface area contributed by atoms with E-state index in [1.807, 2.05) is 0 Å². The van der Waals surface area contributed by atoms with E-state index in [-0.39, 0.29) is 11.9 Å². The van der Waals surface area contributed by atoms with Crippen molar-refractivity contribution in [2.24, 2.45) is 0 Å². The third-order valence-corrected chi connectivity index (χ3v) is 3.52. The zero-order valence-electron chi connectivity index (χ0n) is 13.3. The lowest BCUT2D eigenvalue weighted by molar-refractivity contribution is 0.237. The van der Waals surface area contributed by atoms with Gasteiger partial charge in [-0.05, 0) is 30.4 Å². The molecule has 0 radical (unpaired) electrons. The molecule has 0 saturated carbocycles.